The molecule has 1 aromatic rings. The topological polar surface area (TPSA) is 23.6 Å². The lowest BCUT2D eigenvalue weighted by atomic mass is 9.99. The molecule has 146 valence electrons. The van der Waals surface area contributed by atoms with Gasteiger partial charge in [0.2, 0.25) is 5.91 Å². The van der Waals surface area contributed by atoms with Crippen LogP contribution in [0.5, 0.6) is 0 Å². The molecule has 2 aliphatic rings. The Kier molecular flexibility index (Phi) is 7.35. The van der Waals surface area contributed by atoms with E-state index in [9.17, 15) is 18.0 Å². The molecule has 2 fully saturated rings. The molecule has 1 unspecified atom stereocenters. The maximum atomic E-state index is 12.8. The third-order valence-electron chi connectivity index (χ3n) is 5.22. The molecule has 26 heavy (non-hydrogen) atoms. The summed E-state index contributed by atoms with van der Waals surface area (Å²) in [6.07, 6.45) is 1.18. The number of rotatable bonds is 4. The van der Waals surface area contributed by atoms with Crippen LogP contribution in [0.4, 0.5) is 13.2 Å². The van der Waals surface area contributed by atoms with Crippen LogP contribution in [0, 0.1) is 0 Å². The van der Waals surface area contributed by atoms with Crippen LogP contribution in [0.15, 0.2) is 24.3 Å². The van der Waals surface area contributed by atoms with Crippen molar-refractivity contribution in [2.45, 2.75) is 50.7 Å². The molecule has 0 N–H and O–H groups in total. The number of hydrogen-bond donors (Lipinski definition) is 0. The second-order valence-electron chi connectivity index (χ2n) is 7.12. The summed E-state index contributed by atoms with van der Waals surface area (Å²) in [5, 5.41) is 0. The maximum absolute atomic E-state index is 12.8. The van der Waals surface area contributed by atoms with Crippen molar-refractivity contribution in [2.75, 3.05) is 26.2 Å². The monoisotopic (exact) mass is 390 g/mol. The summed E-state index contributed by atoms with van der Waals surface area (Å²) in [4.78, 5) is 17.0. The molecular formula is C19H26ClF3N2O. The van der Waals surface area contributed by atoms with Crippen LogP contribution in [0.1, 0.15) is 43.2 Å². The third-order valence-corrected chi connectivity index (χ3v) is 5.22. The summed E-state index contributed by atoms with van der Waals surface area (Å²) in [5.41, 5.74) is -0.254. The van der Waals surface area contributed by atoms with Gasteiger partial charge >= 0.3 is 6.18 Å². The minimum atomic E-state index is -4.37. The zero-order valence-corrected chi connectivity index (χ0v) is 15.6. The van der Waals surface area contributed by atoms with Crippen molar-refractivity contribution < 1.29 is 18.0 Å². The highest BCUT2D eigenvalue weighted by Crippen LogP contribution is 2.30. The Morgan fingerprint density at radius 3 is 2.46 bits per heavy atom. The number of likely N-dealkylation sites (tertiary alicyclic amines) is 2. The van der Waals surface area contributed by atoms with Crippen molar-refractivity contribution in [2.24, 2.45) is 0 Å². The smallest absolute Gasteiger partial charge is 0.338 e. The molecule has 2 saturated heterocycles. The van der Waals surface area contributed by atoms with Crippen molar-refractivity contribution in [3.8, 4) is 0 Å². The van der Waals surface area contributed by atoms with E-state index in [0.29, 0.717) is 5.56 Å². The number of alkyl halides is 3. The van der Waals surface area contributed by atoms with Gasteiger partial charge in [0.05, 0.1) is 12.0 Å². The summed E-state index contributed by atoms with van der Waals surface area (Å²) in [6.45, 7) is 3.79. The zero-order chi connectivity index (χ0) is 17.9. The van der Waals surface area contributed by atoms with Crippen molar-refractivity contribution in [3.05, 3.63) is 35.4 Å². The molecule has 1 aromatic carbocycles. The molecule has 0 aromatic heterocycles. The number of amides is 1. The molecule has 0 bridgehead atoms. The zero-order valence-electron chi connectivity index (χ0n) is 14.8. The minimum Gasteiger partial charge on any atom is -0.338 e. The van der Waals surface area contributed by atoms with Gasteiger partial charge in [0.25, 0.3) is 0 Å². The first-order valence-electron chi connectivity index (χ1n) is 9.11. The van der Waals surface area contributed by atoms with Crippen LogP contribution in [0.25, 0.3) is 0 Å². The van der Waals surface area contributed by atoms with E-state index in [1.165, 1.54) is 18.9 Å². The molecule has 0 spiro atoms. The molecule has 0 radical (unpaired) electrons. The van der Waals surface area contributed by atoms with E-state index in [2.05, 4.69) is 4.90 Å². The Morgan fingerprint density at radius 1 is 1.08 bits per heavy atom. The van der Waals surface area contributed by atoms with Gasteiger partial charge in [0.15, 0.2) is 0 Å². The van der Waals surface area contributed by atoms with E-state index in [1.54, 1.807) is 6.07 Å². The average molecular weight is 391 g/mol. The summed E-state index contributed by atoms with van der Waals surface area (Å²) in [6, 6.07) is 5.32. The van der Waals surface area contributed by atoms with Gasteiger partial charge in [-0.2, -0.15) is 13.2 Å². The summed E-state index contributed by atoms with van der Waals surface area (Å²) >= 11 is 0. The van der Waals surface area contributed by atoms with E-state index >= 15 is 0 Å². The molecule has 7 heteroatoms. The fraction of sp³-hybridized carbons (Fsp3) is 0.632. The largest absolute Gasteiger partial charge is 0.416 e. The predicted molar refractivity (Wildman–Crippen MR) is 97.4 cm³/mol. The number of benzene rings is 1. The van der Waals surface area contributed by atoms with E-state index in [0.717, 1.165) is 57.6 Å². The highest BCUT2D eigenvalue weighted by Gasteiger charge is 2.32. The second-order valence-corrected chi connectivity index (χ2v) is 7.12. The van der Waals surface area contributed by atoms with Crippen molar-refractivity contribution in [1.82, 2.24) is 9.80 Å². The number of carbonyl (C=O) groups is 1. The lowest BCUT2D eigenvalue weighted by Crippen LogP contribution is -2.49. The van der Waals surface area contributed by atoms with Crippen molar-refractivity contribution >= 4 is 18.3 Å². The predicted octanol–water partition coefficient (Wildman–Crippen LogP) is 4.15. The minimum absolute atomic E-state index is 0. The SMILES string of the molecule is Cl.O=C(Cc1cccc(C(F)(F)F)c1)N1CCCCC1CN1CCCC1. The van der Waals surface area contributed by atoms with E-state index in [1.807, 2.05) is 4.90 Å². The molecular weight excluding hydrogens is 365 g/mol. The fourth-order valence-electron chi connectivity index (χ4n) is 3.92. The second kappa shape index (κ2) is 9.09. The standard InChI is InChI=1S/C19H25F3N2O.ClH/c20-19(21,22)16-7-5-6-15(12-16)13-18(25)24-11-2-1-8-17(24)14-23-9-3-4-10-23;/h5-7,12,17H,1-4,8-11,13-14H2;1H. The van der Waals surface area contributed by atoms with E-state index < -0.39 is 11.7 Å². The van der Waals surface area contributed by atoms with Crippen LogP contribution < -0.4 is 0 Å². The number of piperidine rings is 1. The first-order valence-corrected chi connectivity index (χ1v) is 9.11. The first-order chi connectivity index (χ1) is 11.9. The number of nitrogens with zero attached hydrogens (tertiary/aromatic N) is 2. The lowest BCUT2D eigenvalue weighted by molar-refractivity contribution is -0.138. The Hall–Kier alpha value is -1.27. The van der Waals surface area contributed by atoms with Crippen LogP contribution in [0.3, 0.4) is 0 Å². The van der Waals surface area contributed by atoms with Gasteiger partial charge in [-0.3, -0.25) is 4.79 Å². The molecule has 3 rings (SSSR count). The highest BCUT2D eigenvalue weighted by atomic mass is 35.5. The van der Waals surface area contributed by atoms with Gasteiger partial charge < -0.3 is 9.80 Å². The van der Waals surface area contributed by atoms with Crippen LogP contribution in [0.2, 0.25) is 0 Å². The highest BCUT2D eigenvalue weighted by molar-refractivity contribution is 5.85. The molecule has 2 heterocycles. The lowest BCUT2D eigenvalue weighted by Gasteiger charge is -2.38. The molecule has 0 aliphatic carbocycles. The Morgan fingerprint density at radius 2 is 1.77 bits per heavy atom. The normalized spacial score (nSPS) is 21.5. The molecule has 3 nitrogen and oxygen atoms in total. The quantitative estimate of drug-likeness (QED) is 0.771. The van der Waals surface area contributed by atoms with Gasteiger partial charge in [-0.05, 0) is 56.8 Å². The van der Waals surface area contributed by atoms with E-state index in [-0.39, 0.29) is 30.8 Å². The molecule has 0 saturated carbocycles. The molecule has 1 amide bonds. The first kappa shape index (κ1) is 21.0. The van der Waals surface area contributed by atoms with Crippen molar-refractivity contribution in [3.63, 3.8) is 0 Å². The van der Waals surface area contributed by atoms with Gasteiger partial charge in [-0.1, -0.05) is 18.2 Å². The molecule has 1 atom stereocenters. The van der Waals surface area contributed by atoms with Crippen LogP contribution in [-0.2, 0) is 17.4 Å². The van der Waals surface area contributed by atoms with E-state index in [4.69, 9.17) is 0 Å². The number of hydrogen-bond acceptors (Lipinski definition) is 2. The summed E-state index contributed by atoms with van der Waals surface area (Å²) < 4.78 is 38.5. The maximum Gasteiger partial charge on any atom is 0.416 e. The average Bonchev–Trinajstić information content (AvgIpc) is 3.08. The van der Waals surface area contributed by atoms with Gasteiger partial charge in [-0.25, -0.2) is 0 Å². The fourth-order valence-corrected chi connectivity index (χ4v) is 3.92. The van der Waals surface area contributed by atoms with Gasteiger partial charge in [0, 0.05) is 19.1 Å². The Bertz CT molecular complexity index is 603. The number of halogens is 4. The van der Waals surface area contributed by atoms with Crippen LogP contribution >= 0.6 is 12.4 Å². The van der Waals surface area contributed by atoms with Gasteiger partial charge in [-0.15, -0.1) is 12.4 Å². The van der Waals surface area contributed by atoms with Crippen LogP contribution in [-0.4, -0.2) is 47.9 Å². The third kappa shape index (κ3) is 5.36. The Balaban J connectivity index is 0.00000243. The van der Waals surface area contributed by atoms with Gasteiger partial charge in [0.1, 0.15) is 0 Å². The summed E-state index contributed by atoms with van der Waals surface area (Å²) in [7, 11) is 0. The Labute approximate surface area is 158 Å². The molecule has 2 aliphatic heterocycles. The summed E-state index contributed by atoms with van der Waals surface area (Å²) in [5.74, 6) is -0.0526. The van der Waals surface area contributed by atoms with Crippen molar-refractivity contribution in [1.29, 1.82) is 0 Å². The number of carbonyl (C=O) groups excluding carboxylic acids is 1.